The monoisotopic (exact) mass is 434 g/mol. The molecule has 0 amide bonds. The molecule has 1 fully saturated rings. The average Bonchev–Trinajstić information content (AvgIpc) is 3.02. The highest BCUT2D eigenvalue weighted by Gasteiger charge is 2.30. The van der Waals surface area contributed by atoms with Crippen LogP contribution in [-0.2, 0) is 0 Å². The molecule has 1 aromatic carbocycles. The molecule has 1 saturated heterocycles. The molecule has 0 unspecified atom stereocenters. The number of carbonyl (C=O) groups is 1. The van der Waals surface area contributed by atoms with Gasteiger partial charge in [0.15, 0.2) is 11.6 Å². The molecule has 11 heteroatoms. The molecule has 2 aromatic heterocycles. The van der Waals surface area contributed by atoms with Crippen LogP contribution in [0.5, 0.6) is 5.75 Å². The molecule has 31 heavy (non-hydrogen) atoms. The van der Waals surface area contributed by atoms with Crippen molar-refractivity contribution in [2.24, 2.45) is 5.73 Å². The Balaban J connectivity index is 2.03. The summed E-state index contributed by atoms with van der Waals surface area (Å²) < 4.78 is 48.1. The second-order valence-electron chi connectivity index (χ2n) is 7.32. The summed E-state index contributed by atoms with van der Waals surface area (Å²) in [5.41, 5.74) is 4.54. The number of carboxylic acid groups (broad SMARTS) is 1. The van der Waals surface area contributed by atoms with E-state index in [-0.39, 0.29) is 34.7 Å². The van der Waals surface area contributed by atoms with Gasteiger partial charge >= 0.3 is 6.16 Å². The first-order valence-corrected chi connectivity index (χ1v) is 9.30. The summed E-state index contributed by atoms with van der Waals surface area (Å²) in [5, 5.41) is 8.91. The van der Waals surface area contributed by atoms with E-state index in [1.54, 1.807) is 4.90 Å². The Morgan fingerprint density at radius 2 is 1.97 bits per heavy atom. The molecule has 0 bridgehead atoms. The minimum Gasteiger partial charge on any atom is -0.449 e. The Labute approximate surface area is 173 Å². The van der Waals surface area contributed by atoms with Crippen LogP contribution < -0.4 is 20.9 Å². The molecule has 4 rings (SSSR count). The number of anilines is 1. The SMILES string of the molecule is C[C@H]1C[C@H](N)CN1c1nc2c(-c3ccc(F)cc3F)cc(OC(=O)O)c(=O)n2cc1F. The van der Waals surface area contributed by atoms with Crippen molar-refractivity contribution in [1.29, 1.82) is 0 Å². The lowest BCUT2D eigenvalue weighted by Crippen LogP contribution is -2.31. The molecule has 0 aliphatic carbocycles. The summed E-state index contributed by atoms with van der Waals surface area (Å²) in [6.07, 6.45) is -0.354. The van der Waals surface area contributed by atoms with Crippen molar-refractivity contribution in [2.45, 2.75) is 25.4 Å². The summed E-state index contributed by atoms with van der Waals surface area (Å²) in [4.78, 5) is 29.5. The molecule has 3 N–H and O–H groups in total. The van der Waals surface area contributed by atoms with Crippen molar-refractivity contribution < 1.29 is 27.8 Å². The number of benzene rings is 1. The topological polar surface area (TPSA) is 110 Å². The number of rotatable bonds is 3. The molecule has 0 radical (unpaired) electrons. The number of halogens is 3. The van der Waals surface area contributed by atoms with Gasteiger partial charge in [0.05, 0.1) is 6.20 Å². The number of aromatic nitrogens is 2. The molecule has 3 aromatic rings. The van der Waals surface area contributed by atoms with Crippen molar-refractivity contribution in [2.75, 3.05) is 11.4 Å². The van der Waals surface area contributed by atoms with Gasteiger partial charge in [-0.15, -0.1) is 0 Å². The molecule has 162 valence electrons. The molecular weight excluding hydrogens is 417 g/mol. The quantitative estimate of drug-likeness (QED) is 0.610. The third kappa shape index (κ3) is 3.67. The van der Waals surface area contributed by atoms with Crippen LogP contribution in [0.4, 0.5) is 23.8 Å². The highest BCUT2D eigenvalue weighted by Crippen LogP contribution is 2.32. The van der Waals surface area contributed by atoms with Crippen molar-refractivity contribution >= 4 is 17.6 Å². The third-order valence-corrected chi connectivity index (χ3v) is 5.14. The molecule has 0 saturated carbocycles. The summed E-state index contributed by atoms with van der Waals surface area (Å²) in [7, 11) is 0. The van der Waals surface area contributed by atoms with Gasteiger partial charge in [-0.2, -0.15) is 0 Å². The first kappa shape index (κ1) is 20.7. The number of ether oxygens (including phenoxy) is 1. The lowest BCUT2D eigenvalue weighted by Gasteiger charge is -2.23. The Morgan fingerprint density at radius 3 is 2.58 bits per heavy atom. The minimum absolute atomic E-state index is 0.0780. The van der Waals surface area contributed by atoms with Gasteiger partial charge < -0.3 is 20.5 Å². The van der Waals surface area contributed by atoms with Gasteiger partial charge in [-0.25, -0.2) is 22.9 Å². The van der Waals surface area contributed by atoms with Gasteiger partial charge in [0.2, 0.25) is 5.75 Å². The van der Waals surface area contributed by atoms with Gasteiger partial charge in [0, 0.05) is 35.8 Å². The standard InChI is InChI=1S/C20H17F3N4O4/c1-9-4-11(24)7-26(9)18-15(23)8-27-17(25-18)13(6-16(19(27)28)31-20(29)30)12-3-2-10(21)5-14(12)22/h2-3,5-6,8-9,11H,4,7,24H2,1H3,(H,29,30)/t9-,11-/m0/s1. The number of fused-ring (bicyclic) bond motifs is 1. The molecule has 1 aliphatic rings. The maximum Gasteiger partial charge on any atom is 0.511 e. The molecule has 2 atom stereocenters. The van der Waals surface area contributed by atoms with Crippen LogP contribution in [0.25, 0.3) is 16.8 Å². The molecular formula is C20H17F3N4O4. The van der Waals surface area contributed by atoms with E-state index >= 15 is 0 Å². The number of nitrogens with two attached hydrogens (primary N) is 1. The smallest absolute Gasteiger partial charge is 0.449 e. The minimum atomic E-state index is -1.78. The van der Waals surface area contributed by atoms with E-state index in [0.29, 0.717) is 19.0 Å². The second-order valence-corrected chi connectivity index (χ2v) is 7.32. The highest BCUT2D eigenvalue weighted by atomic mass is 19.1. The lowest BCUT2D eigenvalue weighted by atomic mass is 10.1. The van der Waals surface area contributed by atoms with Crippen LogP contribution in [0.2, 0.25) is 0 Å². The largest absolute Gasteiger partial charge is 0.511 e. The van der Waals surface area contributed by atoms with E-state index in [1.807, 2.05) is 6.92 Å². The number of hydrogen-bond donors (Lipinski definition) is 2. The predicted octanol–water partition coefficient (Wildman–Crippen LogP) is 2.76. The first-order chi connectivity index (χ1) is 14.7. The number of pyridine rings is 1. The zero-order valence-electron chi connectivity index (χ0n) is 16.2. The van der Waals surface area contributed by atoms with Crippen LogP contribution in [0.1, 0.15) is 13.3 Å². The molecule has 8 nitrogen and oxygen atoms in total. The van der Waals surface area contributed by atoms with E-state index in [9.17, 15) is 22.8 Å². The van der Waals surface area contributed by atoms with Gasteiger partial charge in [-0.1, -0.05) is 0 Å². The normalized spacial score (nSPS) is 18.5. The van der Waals surface area contributed by atoms with Gasteiger partial charge in [-0.3, -0.25) is 9.20 Å². The van der Waals surface area contributed by atoms with Crippen molar-refractivity contribution in [1.82, 2.24) is 9.38 Å². The fourth-order valence-electron chi connectivity index (χ4n) is 3.80. The van der Waals surface area contributed by atoms with Gasteiger partial charge in [0.1, 0.15) is 17.3 Å². The summed E-state index contributed by atoms with van der Waals surface area (Å²) >= 11 is 0. The Morgan fingerprint density at radius 1 is 1.23 bits per heavy atom. The average molecular weight is 434 g/mol. The molecule has 1 aliphatic heterocycles. The van der Waals surface area contributed by atoms with Crippen LogP contribution >= 0.6 is 0 Å². The van der Waals surface area contributed by atoms with Crippen molar-refractivity contribution in [3.05, 3.63) is 58.3 Å². The van der Waals surface area contributed by atoms with E-state index < -0.39 is 34.9 Å². The first-order valence-electron chi connectivity index (χ1n) is 9.30. The highest BCUT2D eigenvalue weighted by molar-refractivity contribution is 5.80. The predicted molar refractivity (Wildman–Crippen MR) is 105 cm³/mol. The number of hydrogen-bond acceptors (Lipinski definition) is 6. The van der Waals surface area contributed by atoms with Crippen LogP contribution in [-0.4, -0.2) is 39.3 Å². The van der Waals surface area contributed by atoms with Crippen LogP contribution in [0.3, 0.4) is 0 Å². The third-order valence-electron chi connectivity index (χ3n) is 5.14. The molecule has 0 spiro atoms. The Bertz CT molecular complexity index is 1260. The Hall–Kier alpha value is -3.60. The van der Waals surface area contributed by atoms with E-state index in [4.69, 9.17) is 10.8 Å². The van der Waals surface area contributed by atoms with Crippen molar-refractivity contribution in [3.63, 3.8) is 0 Å². The van der Waals surface area contributed by atoms with Crippen LogP contribution in [0, 0.1) is 17.5 Å². The van der Waals surface area contributed by atoms with E-state index in [1.165, 1.54) is 0 Å². The zero-order valence-corrected chi connectivity index (χ0v) is 16.2. The summed E-state index contributed by atoms with van der Waals surface area (Å²) in [6, 6.07) is 3.37. The summed E-state index contributed by atoms with van der Waals surface area (Å²) in [5.74, 6) is -3.44. The maximum atomic E-state index is 14.9. The summed E-state index contributed by atoms with van der Waals surface area (Å²) in [6.45, 7) is 2.17. The van der Waals surface area contributed by atoms with Crippen LogP contribution in [0.15, 0.2) is 35.3 Å². The maximum absolute atomic E-state index is 14.9. The second kappa shape index (κ2) is 7.58. The lowest BCUT2D eigenvalue weighted by molar-refractivity contribution is 0.143. The van der Waals surface area contributed by atoms with E-state index in [0.717, 1.165) is 28.8 Å². The zero-order chi connectivity index (χ0) is 22.4. The fourth-order valence-corrected chi connectivity index (χ4v) is 3.80. The Kier molecular flexibility index (Phi) is 5.05. The number of nitrogens with zero attached hydrogens (tertiary/aromatic N) is 3. The van der Waals surface area contributed by atoms with E-state index in [2.05, 4.69) is 9.72 Å². The fraction of sp³-hybridized carbons (Fsp3) is 0.250. The molecule has 3 heterocycles. The van der Waals surface area contributed by atoms with Crippen molar-refractivity contribution in [3.8, 4) is 16.9 Å². The van der Waals surface area contributed by atoms with Gasteiger partial charge in [0.25, 0.3) is 5.56 Å². The van der Waals surface area contributed by atoms with Gasteiger partial charge in [-0.05, 0) is 31.5 Å².